The van der Waals surface area contributed by atoms with Gasteiger partial charge in [0.25, 0.3) is 0 Å². The first-order chi connectivity index (χ1) is 8.41. The Morgan fingerprint density at radius 3 is 2.22 bits per heavy atom. The second kappa shape index (κ2) is 6.02. The highest BCUT2D eigenvalue weighted by Crippen LogP contribution is 2.21. The van der Waals surface area contributed by atoms with E-state index >= 15 is 0 Å². The van der Waals surface area contributed by atoms with Crippen LogP contribution >= 0.6 is 0 Å². The summed E-state index contributed by atoms with van der Waals surface area (Å²) in [7, 11) is 0. The normalized spacial score (nSPS) is 14.6. The molecule has 0 saturated heterocycles. The summed E-state index contributed by atoms with van der Waals surface area (Å²) in [5, 5.41) is 0. The number of hydrogen-bond donors (Lipinski definition) is 0. The van der Waals surface area contributed by atoms with Gasteiger partial charge in [-0.25, -0.2) is 9.59 Å². The first kappa shape index (κ1) is 14.0. The largest absolute Gasteiger partial charge is 0.420 e. The van der Waals surface area contributed by atoms with Crippen LogP contribution in [0.1, 0.15) is 20.3 Å². The Morgan fingerprint density at radius 2 is 1.67 bits per heavy atom. The molecule has 0 amide bonds. The lowest BCUT2D eigenvalue weighted by atomic mass is 10.3. The molecule has 0 aliphatic carbocycles. The molecule has 0 saturated carbocycles. The van der Waals surface area contributed by atoms with Crippen LogP contribution in [0.3, 0.4) is 0 Å². The van der Waals surface area contributed by atoms with Crippen LogP contribution in [-0.2, 0) is 28.8 Å². The molecule has 0 aromatic heterocycles. The Balaban J connectivity index is 2.83. The predicted molar refractivity (Wildman–Crippen MR) is 60.5 cm³/mol. The minimum absolute atomic E-state index is 0.0869. The third kappa shape index (κ3) is 3.74. The lowest BCUT2D eigenvalue weighted by Crippen LogP contribution is -2.18. The molecule has 1 aliphatic heterocycles. The maximum absolute atomic E-state index is 11.4. The van der Waals surface area contributed by atoms with E-state index in [1.165, 1.54) is 13.8 Å². The molecule has 1 heterocycles. The molecule has 0 unspecified atom stereocenters. The van der Waals surface area contributed by atoms with Gasteiger partial charge >= 0.3 is 17.9 Å². The van der Waals surface area contributed by atoms with Crippen molar-refractivity contribution in [2.45, 2.75) is 20.3 Å². The fourth-order valence-corrected chi connectivity index (χ4v) is 0.915. The Kier molecular flexibility index (Phi) is 4.67. The first-order valence-electron chi connectivity index (χ1n) is 5.19. The van der Waals surface area contributed by atoms with Crippen LogP contribution < -0.4 is 0 Å². The summed E-state index contributed by atoms with van der Waals surface area (Å²) in [4.78, 5) is 32.0. The van der Waals surface area contributed by atoms with Gasteiger partial charge in [-0.1, -0.05) is 13.2 Å². The van der Waals surface area contributed by atoms with Crippen molar-refractivity contribution in [1.82, 2.24) is 0 Å². The predicted octanol–water partition coefficient (Wildman–Crippen LogP) is 1.75. The van der Waals surface area contributed by atoms with E-state index in [1.807, 2.05) is 0 Å². The Labute approximate surface area is 104 Å². The van der Waals surface area contributed by atoms with Gasteiger partial charge in [0, 0.05) is 17.6 Å². The molecule has 0 aromatic carbocycles. The molecule has 0 spiro atoms. The van der Waals surface area contributed by atoms with Crippen molar-refractivity contribution in [3.8, 4) is 0 Å². The topological polar surface area (TPSA) is 71.1 Å². The minimum atomic E-state index is -0.695. The molecule has 0 aromatic rings. The van der Waals surface area contributed by atoms with Crippen molar-refractivity contribution >= 4 is 11.9 Å². The van der Waals surface area contributed by atoms with E-state index in [4.69, 9.17) is 9.47 Å². The third-order valence-corrected chi connectivity index (χ3v) is 1.87. The van der Waals surface area contributed by atoms with Crippen LogP contribution in [-0.4, -0.2) is 18.5 Å². The van der Waals surface area contributed by atoms with Gasteiger partial charge in [-0.3, -0.25) is 4.89 Å². The quantitative estimate of drug-likeness (QED) is 0.432. The van der Waals surface area contributed by atoms with E-state index in [9.17, 15) is 9.59 Å². The summed E-state index contributed by atoms with van der Waals surface area (Å²) in [6, 6.07) is 0. The second-order valence-electron chi connectivity index (χ2n) is 3.71. The molecule has 0 atom stereocenters. The molecule has 18 heavy (non-hydrogen) atoms. The van der Waals surface area contributed by atoms with E-state index in [1.54, 1.807) is 0 Å². The van der Waals surface area contributed by atoms with Crippen LogP contribution in [0.25, 0.3) is 0 Å². The van der Waals surface area contributed by atoms with Crippen LogP contribution in [0.5, 0.6) is 0 Å². The molecule has 1 aliphatic rings. The third-order valence-electron chi connectivity index (χ3n) is 1.87. The van der Waals surface area contributed by atoms with Gasteiger partial charge in [0.1, 0.15) is 6.61 Å². The highest BCUT2D eigenvalue weighted by Gasteiger charge is 2.24. The molecule has 6 heteroatoms. The molecule has 1 rings (SSSR count). The van der Waals surface area contributed by atoms with E-state index < -0.39 is 11.9 Å². The number of carbonyl (C=O) groups excluding carboxylic acids is 2. The van der Waals surface area contributed by atoms with Crippen molar-refractivity contribution < 1.29 is 28.8 Å². The van der Waals surface area contributed by atoms with E-state index in [0.29, 0.717) is 0 Å². The number of hydrogen-bond acceptors (Lipinski definition) is 6. The van der Waals surface area contributed by atoms with Crippen LogP contribution in [0.2, 0.25) is 0 Å². The molecule has 0 bridgehead atoms. The summed E-state index contributed by atoms with van der Waals surface area (Å²) < 4.78 is 9.81. The highest BCUT2D eigenvalue weighted by atomic mass is 17.2. The lowest BCUT2D eigenvalue weighted by molar-refractivity contribution is -0.302. The maximum atomic E-state index is 11.4. The van der Waals surface area contributed by atoms with Crippen LogP contribution in [0.15, 0.2) is 36.0 Å². The molecule has 98 valence electrons. The van der Waals surface area contributed by atoms with Crippen LogP contribution in [0.4, 0.5) is 0 Å². The van der Waals surface area contributed by atoms with Gasteiger partial charge in [0.05, 0.1) is 0 Å². The average molecular weight is 254 g/mol. The van der Waals surface area contributed by atoms with Crippen molar-refractivity contribution in [3.05, 3.63) is 36.0 Å². The first-order valence-corrected chi connectivity index (χ1v) is 5.19. The smallest absolute Gasteiger partial charge is 0.364 e. The fraction of sp³-hybridized carbons (Fsp3) is 0.333. The monoisotopic (exact) mass is 254 g/mol. The lowest BCUT2D eigenvalue weighted by Gasteiger charge is -2.18. The fourth-order valence-electron chi connectivity index (χ4n) is 0.915. The number of carbonyl (C=O) groups is 2. The highest BCUT2D eigenvalue weighted by molar-refractivity contribution is 5.88. The maximum Gasteiger partial charge on any atom is 0.364 e. The Morgan fingerprint density at radius 1 is 1.11 bits per heavy atom. The number of ether oxygens (including phenoxy) is 2. The van der Waals surface area contributed by atoms with Gasteiger partial charge < -0.3 is 9.47 Å². The average Bonchev–Trinajstić information content (AvgIpc) is 2.31. The second-order valence-corrected chi connectivity index (χ2v) is 3.71. The SMILES string of the molecule is C=C(C)C(=O)OC1=C(OC(=O)C(=C)C)OOCC1. The number of esters is 2. The summed E-state index contributed by atoms with van der Waals surface area (Å²) >= 11 is 0. The molecule has 0 fully saturated rings. The van der Waals surface area contributed by atoms with E-state index in [0.717, 1.165) is 0 Å². The summed E-state index contributed by atoms with van der Waals surface area (Å²) in [5.41, 5.74) is 0.404. The van der Waals surface area contributed by atoms with Crippen molar-refractivity contribution in [2.75, 3.05) is 6.61 Å². The van der Waals surface area contributed by atoms with Crippen molar-refractivity contribution in [2.24, 2.45) is 0 Å². The molecular formula is C12H14O6. The molecule has 0 radical (unpaired) electrons. The number of rotatable bonds is 4. The van der Waals surface area contributed by atoms with E-state index in [2.05, 4.69) is 22.9 Å². The van der Waals surface area contributed by atoms with E-state index in [-0.39, 0.29) is 35.9 Å². The van der Waals surface area contributed by atoms with Gasteiger partial charge in [-0.2, -0.15) is 4.89 Å². The molecular weight excluding hydrogens is 240 g/mol. The van der Waals surface area contributed by atoms with Crippen molar-refractivity contribution in [1.29, 1.82) is 0 Å². The Hall–Kier alpha value is -2.08. The van der Waals surface area contributed by atoms with Gasteiger partial charge in [-0.05, 0) is 13.8 Å². The molecule has 0 N–H and O–H groups in total. The van der Waals surface area contributed by atoms with Gasteiger partial charge in [0.2, 0.25) is 0 Å². The summed E-state index contributed by atoms with van der Waals surface area (Å²) in [6.45, 7) is 10.0. The summed E-state index contributed by atoms with van der Waals surface area (Å²) in [5.74, 6) is -1.52. The summed E-state index contributed by atoms with van der Waals surface area (Å²) in [6.07, 6.45) is 0.248. The van der Waals surface area contributed by atoms with Gasteiger partial charge in [-0.15, -0.1) is 0 Å². The van der Waals surface area contributed by atoms with Crippen molar-refractivity contribution in [3.63, 3.8) is 0 Å². The minimum Gasteiger partial charge on any atom is -0.420 e. The Bertz CT molecular complexity index is 392. The van der Waals surface area contributed by atoms with Gasteiger partial charge in [0.15, 0.2) is 5.76 Å². The molecule has 6 nitrogen and oxygen atoms in total. The standard InChI is InChI=1S/C12H14O6/c1-7(2)10(13)16-9-5-6-15-18-12(9)17-11(14)8(3)4/h1,3,5-6H2,2,4H3. The van der Waals surface area contributed by atoms with Crippen LogP contribution in [0, 0.1) is 0 Å². The zero-order valence-electron chi connectivity index (χ0n) is 10.3. The zero-order valence-corrected chi connectivity index (χ0v) is 10.3. The zero-order chi connectivity index (χ0) is 13.7.